The Hall–Kier alpha value is -3.09. The maximum atomic E-state index is 13.7. The lowest BCUT2D eigenvalue weighted by molar-refractivity contribution is -0.127. The molecule has 1 aromatic heterocycles. The Morgan fingerprint density at radius 1 is 1.18 bits per heavy atom. The molecule has 28 heavy (non-hydrogen) atoms. The van der Waals surface area contributed by atoms with Gasteiger partial charge < -0.3 is 18.9 Å². The third-order valence-electron chi connectivity index (χ3n) is 4.94. The molecule has 1 aromatic carbocycles. The van der Waals surface area contributed by atoms with Crippen molar-refractivity contribution in [1.29, 1.82) is 0 Å². The highest BCUT2D eigenvalue weighted by Crippen LogP contribution is 2.25. The second-order valence-corrected chi connectivity index (χ2v) is 6.58. The van der Waals surface area contributed by atoms with E-state index in [-0.39, 0.29) is 23.7 Å². The van der Waals surface area contributed by atoms with E-state index in [1.165, 1.54) is 32.4 Å². The predicted molar refractivity (Wildman–Crippen MR) is 103 cm³/mol. The minimum Gasteiger partial charge on any atom is -0.494 e. The van der Waals surface area contributed by atoms with Gasteiger partial charge in [0.25, 0.3) is 0 Å². The number of halogens is 1. The van der Waals surface area contributed by atoms with Crippen molar-refractivity contribution in [1.82, 2.24) is 9.47 Å². The topological polar surface area (TPSA) is 60.8 Å². The maximum Gasteiger partial charge on any atom is 0.354 e. The number of methoxy groups -OCH3 is 2. The van der Waals surface area contributed by atoms with E-state index in [0.29, 0.717) is 24.3 Å². The van der Waals surface area contributed by atoms with Crippen LogP contribution in [0.15, 0.2) is 42.6 Å². The van der Waals surface area contributed by atoms with E-state index in [1.807, 2.05) is 16.8 Å². The minimum absolute atomic E-state index is 0.115. The smallest absolute Gasteiger partial charge is 0.354 e. The number of ether oxygens (including phenoxy) is 2. The molecule has 0 N–H and O–H groups in total. The zero-order valence-electron chi connectivity index (χ0n) is 15.9. The standard InChI is InChI=1S/C21H23FN2O4/c1-27-19-7-5-15(14-17(19)22)6-8-20(25)23-12-9-16(10-13-23)24-11-3-4-18(24)21(26)28-2/h3-8,11,14,16H,9-10,12-13H2,1-2H3/b8-6+. The number of likely N-dealkylation sites (tertiary alicyclic amines) is 1. The molecule has 6 nitrogen and oxygen atoms in total. The van der Waals surface area contributed by atoms with E-state index in [0.717, 1.165) is 12.8 Å². The summed E-state index contributed by atoms with van der Waals surface area (Å²) in [5, 5.41) is 0. The van der Waals surface area contributed by atoms with E-state index in [9.17, 15) is 14.0 Å². The molecular formula is C21H23FN2O4. The Balaban J connectivity index is 1.59. The summed E-state index contributed by atoms with van der Waals surface area (Å²) in [5.74, 6) is -0.776. The van der Waals surface area contributed by atoms with Crippen molar-refractivity contribution >= 4 is 18.0 Å². The van der Waals surface area contributed by atoms with Gasteiger partial charge in [-0.2, -0.15) is 0 Å². The van der Waals surface area contributed by atoms with E-state index < -0.39 is 5.82 Å². The second-order valence-electron chi connectivity index (χ2n) is 6.58. The van der Waals surface area contributed by atoms with E-state index in [4.69, 9.17) is 9.47 Å². The first-order chi connectivity index (χ1) is 13.5. The van der Waals surface area contributed by atoms with Crippen LogP contribution in [0.5, 0.6) is 5.75 Å². The third kappa shape index (κ3) is 4.24. The fourth-order valence-corrected chi connectivity index (χ4v) is 3.41. The molecule has 0 atom stereocenters. The van der Waals surface area contributed by atoms with Crippen LogP contribution in [0.25, 0.3) is 6.08 Å². The van der Waals surface area contributed by atoms with Crippen LogP contribution in [0.1, 0.15) is 34.9 Å². The van der Waals surface area contributed by atoms with E-state index in [2.05, 4.69) is 0 Å². The molecule has 0 aliphatic carbocycles. The van der Waals surface area contributed by atoms with E-state index >= 15 is 0 Å². The third-order valence-corrected chi connectivity index (χ3v) is 4.94. The van der Waals surface area contributed by atoms with Gasteiger partial charge in [0.05, 0.1) is 14.2 Å². The normalized spacial score (nSPS) is 15.0. The summed E-state index contributed by atoms with van der Waals surface area (Å²) in [4.78, 5) is 26.0. The van der Waals surface area contributed by atoms with Crippen LogP contribution >= 0.6 is 0 Å². The number of hydrogen-bond acceptors (Lipinski definition) is 4. The van der Waals surface area contributed by atoms with Gasteiger partial charge in [-0.3, -0.25) is 4.79 Å². The van der Waals surface area contributed by atoms with Crippen LogP contribution in [0.4, 0.5) is 4.39 Å². The van der Waals surface area contributed by atoms with Crippen molar-refractivity contribution in [3.05, 3.63) is 59.7 Å². The molecular weight excluding hydrogens is 363 g/mol. The molecule has 1 amide bonds. The number of carbonyl (C=O) groups is 2. The first-order valence-corrected chi connectivity index (χ1v) is 9.09. The number of rotatable bonds is 5. The molecule has 2 aromatic rings. The quantitative estimate of drug-likeness (QED) is 0.584. The summed E-state index contributed by atoms with van der Waals surface area (Å²) >= 11 is 0. The van der Waals surface area contributed by atoms with Gasteiger partial charge in [0.1, 0.15) is 5.69 Å². The number of aromatic nitrogens is 1. The highest BCUT2D eigenvalue weighted by atomic mass is 19.1. The largest absolute Gasteiger partial charge is 0.494 e. The van der Waals surface area contributed by atoms with Gasteiger partial charge in [-0.1, -0.05) is 6.07 Å². The van der Waals surface area contributed by atoms with Crippen molar-refractivity contribution in [3.63, 3.8) is 0 Å². The Morgan fingerprint density at radius 2 is 1.93 bits per heavy atom. The van der Waals surface area contributed by atoms with Gasteiger partial charge in [-0.15, -0.1) is 0 Å². The number of carbonyl (C=O) groups excluding carboxylic acids is 2. The van der Waals surface area contributed by atoms with E-state index in [1.54, 1.807) is 23.1 Å². The zero-order valence-corrected chi connectivity index (χ0v) is 15.9. The Labute approximate surface area is 163 Å². The predicted octanol–water partition coefficient (Wildman–Crippen LogP) is 3.30. The van der Waals surface area contributed by atoms with Crippen molar-refractivity contribution in [2.75, 3.05) is 27.3 Å². The fraction of sp³-hybridized carbons (Fsp3) is 0.333. The van der Waals surface area contributed by atoms with Gasteiger partial charge >= 0.3 is 5.97 Å². The molecule has 1 aliphatic rings. The summed E-state index contributed by atoms with van der Waals surface area (Å²) in [6.45, 7) is 1.17. The molecule has 7 heteroatoms. The first-order valence-electron chi connectivity index (χ1n) is 9.09. The number of amides is 1. The lowest BCUT2D eigenvalue weighted by atomic mass is 10.0. The fourth-order valence-electron chi connectivity index (χ4n) is 3.41. The average Bonchev–Trinajstić information content (AvgIpc) is 3.21. The molecule has 2 heterocycles. The average molecular weight is 386 g/mol. The van der Waals surface area contributed by atoms with Crippen LogP contribution in [-0.4, -0.2) is 48.7 Å². The second kappa shape index (κ2) is 8.73. The zero-order chi connectivity index (χ0) is 20.1. The number of hydrogen-bond donors (Lipinski definition) is 0. The molecule has 148 valence electrons. The van der Waals surface area contributed by atoms with Crippen molar-refractivity contribution in [3.8, 4) is 5.75 Å². The van der Waals surface area contributed by atoms with Crippen LogP contribution in [0, 0.1) is 5.82 Å². The monoisotopic (exact) mass is 386 g/mol. The van der Waals surface area contributed by atoms with Crippen molar-refractivity contribution in [2.24, 2.45) is 0 Å². The lowest BCUT2D eigenvalue weighted by Gasteiger charge is -2.32. The van der Waals surface area contributed by atoms with Crippen molar-refractivity contribution < 1.29 is 23.5 Å². The number of piperidine rings is 1. The summed E-state index contributed by atoms with van der Waals surface area (Å²) < 4.78 is 25.4. The Bertz CT molecular complexity index is 882. The Morgan fingerprint density at radius 3 is 2.57 bits per heavy atom. The highest BCUT2D eigenvalue weighted by Gasteiger charge is 2.25. The van der Waals surface area contributed by atoms with Crippen LogP contribution in [0.2, 0.25) is 0 Å². The van der Waals surface area contributed by atoms with Gasteiger partial charge in [0.15, 0.2) is 11.6 Å². The molecule has 1 saturated heterocycles. The van der Waals surface area contributed by atoms with Crippen LogP contribution < -0.4 is 4.74 Å². The van der Waals surface area contributed by atoms with Gasteiger partial charge in [-0.05, 0) is 48.7 Å². The first kappa shape index (κ1) is 19.7. The molecule has 1 aliphatic heterocycles. The van der Waals surface area contributed by atoms with Gasteiger partial charge in [-0.25, -0.2) is 9.18 Å². The van der Waals surface area contributed by atoms with Crippen molar-refractivity contribution in [2.45, 2.75) is 18.9 Å². The molecule has 0 unspecified atom stereocenters. The Kier molecular flexibility index (Phi) is 6.13. The maximum absolute atomic E-state index is 13.7. The van der Waals surface area contributed by atoms with Crippen LogP contribution in [0.3, 0.4) is 0 Å². The lowest BCUT2D eigenvalue weighted by Crippen LogP contribution is -2.38. The molecule has 1 fully saturated rings. The summed E-state index contributed by atoms with van der Waals surface area (Å²) in [5.41, 5.74) is 1.12. The molecule has 0 saturated carbocycles. The SMILES string of the molecule is COC(=O)c1cccn1C1CCN(C(=O)/C=C/c2ccc(OC)c(F)c2)CC1. The minimum atomic E-state index is -0.467. The molecule has 0 radical (unpaired) electrons. The molecule has 0 bridgehead atoms. The van der Waals surface area contributed by atoms with Crippen LogP contribution in [-0.2, 0) is 9.53 Å². The molecule has 0 spiro atoms. The summed E-state index contributed by atoms with van der Waals surface area (Å²) in [6.07, 6.45) is 6.41. The van der Waals surface area contributed by atoms with Gasteiger partial charge in [0.2, 0.25) is 5.91 Å². The summed E-state index contributed by atoms with van der Waals surface area (Å²) in [7, 11) is 2.77. The number of nitrogens with zero attached hydrogens (tertiary/aromatic N) is 2. The highest BCUT2D eigenvalue weighted by molar-refractivity contribution is 5.92. The number of esters is 1. The number of benzene rings is 1. The van der Waals surface area contributed by atoms with Gasteiger partial charge in [0, 0.05) is 31.4 Å². The summed E-state index contributed by atoms with van der Waals surface area (Å²) in [6, 6.07) is 8.25. The molecule has 3 rings (SSSR count).